The molecule has 1 aliphatic rings. The molecule has 2 amide bonds. The Balaban J connectivity index is 2.10. The molecule has 1 heterocycles. The molecular weight excluding hydrogens is 273 g/mol. The molecule has 2 aromatic carbocycles. The number of aliphatic hydroxyl groups is 1. The topological polar surface area (TPSA) is 57.6 Å². The highest BCUT2D eigenvalue weighted by atomic mass is 19.1. The number of aliphatic hydroxyl groups excluding tert-OH is 1. The number of amides is 2. The summed E-state index contributed by atoms with van der Waals surface area (Å²) in [5, 5.41) is 9.95. The van der Waals surface area contributed by atoms with Crippen LogP contribution in [0.4, 0.5) is 10.1 Å². The Hall–Kier alpha value is -2.95. The Morgan fingerprint density at radius 3 is 2.14 bits per heavy atom. The largest absolute Gasteiger partial charge is 0.502 e. The van der Waals surface area contributed by atoms with Crippen LogP contribution < -0.4 is 4.90 Å². The summed E-state index contributed by atoms with van der Waals surface area (Å²) in [6.07, 6.45) is 0. The summed E-state index contributed by atoms with van der Waals surface area (Å²) in [7, 11) is 0. The minimum Gasteiger partial charge on any atom is -0.502 e. The van der Waals surface area contributed by atoms with E-state index < -0.39 is 23.4 Å². The molecule has 1 aliphatic heterocycles. The molecule has 5 heteroatoms. The fourth-order valence-corrected chi connectivity index (χ4v) is 2.24. The van der Waals surface area contributed by atoms with Crippen molar-refractivity contribution in [2.45, 2.75) is 0 Å². The second kappa shape index (κ2) is 4.86. The highest BCUT2D eigenvalue weighted by molar-refractivity contribution is 6.44. The maximum Gasteiger partial charge on any atom is 0.301 e. The van der Waals surface area contributed by atoms with E-state index in [-0.39, 0.29) is 11.3 Å². The van der Waals surface area contributed by atoms with Crippen LogP contribution in [-0.4, -0.2) is 16.9 Å². The van der Waals surface area contributed by atoms with Crippen molar-refractivity contribution in [3.05, 3.63) is 71.7 Å². The number of para-hydroxylation sites is 1. The summed E-state index contributed by atoms with van der Waals surface area (Å²) in [5.74, 6) is -3.05. The first-order valence-corrected chi connectivity index (χ1v) is 6.23. The molecule has 104 valence electrons. The van der Waals surface area contributed by atoms with Gasteiger partial charge in [0.1, 0.15) is 5.82 Å². The molecule has 3 rings (SSSR count). The third kappa shape index (κ3) is 1.99. The van der Waals surface area contributed by atoms with Gasteiger partial charge in [-0.3, -0.25) is 9.59 Å². The van der Waals surface area contributed by atoms with Crippen LogP contribution in [-0.2, 0) is 9.59 Å². The van der Waals surface area contributed by atoms with E-state index in [1.807, 2.05) is 0 Å². The molecule has 21 heavy (non-hydrogen) atoms. The van der Waals surface area contributed by atoms with Crippen molar-refractivity contribution in [1.29, 1.82) is 0 Å². The van der Waals surface area contributed by atoms with Crippen molar-refractivity contribution in [1.82, 2.24) is 0 Å². The first-order valence-electron chi connectivity index (χ1n) is 6.23. The van der Waals surface area contributed by atoms with E-state index in [4.69, 9.17) is 0 Å². The van der Waals surface area contributed by atoms with Gasteiger partial charge in [0.25, 0.3) is 5.91 Å². The summed E-state index contributed by atoms with van der Waals surface area (Å²) in [5.41, 5.74) is 0.112. The van der Waals surface area contributed by atoms with Gasteiger partial charge in [-0.1, -0.05) is 42.5 Å². The van der Waals surface area contributed by atoms with Crippen molar-refractivity contribution in [2.75, 3.05) is 4.90 Å². The van der Waals surface area contributed by atoms with Gasteiger partial charge in [-0.05, 0) is 17.7 Å². The van der Waals surface area contributed by atoms with Crippen LogP contribution in [0.3, 0.4) is 0 Å². The van der Waals surface area contributed by atoms with Gasteiger partial charge in [-0.15, -0.1) is 0 Å². The Bertz CT molecular complexity index is 768. The lowest BCUT2D eigenvalue weighted by Crippen LogP contribution is -2.32. The fraction of sp³-hybridized carbons (Fsp3) is 0. The first kappa shape index (κ1) is 13.1. The van der Waals surface area contributed by atoms with Gasteiger partial charge >= 0.3 is 5.91 Å². The monoisotopic (exact) mass is 283 g/mol. The molecule has 0 fully saturated rings. The lowest BCUT2D eigenvalue weighted by molar-refractivity contribution is -0.121. The number of halogens is 1. The molecule has 2 aromatic rings. The van der Waals surface area contributed by atoms with E-state index in [0.29, 0.717) is 10.5 Å². The molecule has 0 radical (unpaired) electrons. The third-order valence-corrected chi connectivity index (χ3v) is 3.22. The van der Waals surface area contributed by atoms with Gasteiger partial charge < -0.3 is 5.11 Å². The molecule has 0 aliphatic carbocycles. The molecule has 4 nitrogen and oxygen atoms in total. The SMILES string of the molecule is O=C1C(O)=C(c2ccccc2)C(=O)N1c1ccccc1F. The summed E-state index contributed by atoms with van der Waals surface area (Å²) >= 11 is 0. The first-order chi connectivity index (χ1) is 10.1. The predicted molar refractivity (Wildman–Crippen MR) is 74.9 cm³/mol. The number of hydrogen-bond donors (Lipinski definition) is 1. The summed E-state index contributed by atoms with van der Waals surface area (Å²) in [6, 6.07) is 13.7. The molecule has 0 atom stereocenters. The second-order valence-corrected chi connectivity index (χ2v) is 4.49. The number of hydrogen-bond acceptors (Lipinski definition) is 3. The lowest BCUT2D eigenvalue weighted by Gasteiger charge is -2.15. The van der Waals surface area contributed by atoms with Gasteiger partial charge in [-0.2, -0.15) is 0 Å². The highest BCUT2D eigenvalue weighted by Gasteiger charge is 2.41. The molecule has 0 unspecified atom stereocenters. The van der Waals surface area contributed by atoms with Crippen LogP contribution >= 0.6 is 0 Å². The van der Waals surface area contributed by atoms with Crippen LogP contribution in [0.1, 0.15) is 5.56 Å². The summed E-state index contributed by atoms with van der Waals surface area (Å²) < 4.78 is 13.8. The average Bonchev–Trinajstić information content (AvgIpc) is 2.71. The van der Waals surface area contributed by atoms with Gasteiger partial charge in [0.2, 0.25) is 0 Å². The summed E-state index contributed by atoms with van der Waals surface area (Å²) in [4.78, 5) is 25.1. The quantitative estimate of drug-likeness (QED) is 0.862. The van der Waals surface area contributed by atoms with Crippen molar-refractivity contribution >= 4 is 23.1 Å². The zero-order chi connectivity index (χ0) is 15.0. The molecule has 1 N–H and O–H groups in total. The fourth-order valence-electron chi connectivity index (χ4n) is 2.24. The normalized spacial score (nSPS) is 15.0. The number of carbonyl (C=O) groups is 2. The van der Waals surface area contributed by atoms with E-state index in [1.165, 1.54) is 18.2 Å². The maximum absolute atomic E-state index is 13.8. The van der Waals surface area contributed by atoms with Gasteiger partial charge in [0, 0.05) is 0 Å². The minimum atomic E-state index is -0.927. The van der Waals surface area contributed by atoms with Crippen LogP contribution in [0.25, 0.3) is 5.57 Å². The maximum atomic E-state index is 13.8. The minimum absolute atomic E-state index is 0.121. The Morgan fingerprint density at radius 2 is 1.48 bits per heavy atom. The number of carbonyl (C=O) groups excluding carboxylic acids is 2. The molecule has 0 aromatic heterocycles. The predicted octanol–water partition coefficient (Wildman–Crippen LogP) is 2.67. The van der Waals surface area contributed by atoms with Crippen molar-refractivity contribution in [2.24, 2.45) is 0 Å². The lowest BCUT2D eigenvalue weighted by atomic mass is 10.1. The van der Waals surface area contributed by atoms with E-state index in [1.54, 1.807) is 30.3 Å². The highest BCUT2D eigenvalue weighted by Crippen LogP contribution is 2.32. The molecule has 0 bridgehead atoms. The van der Waals surface area contributed by atoms with Crippen LogP contribution in [0, 0.1) is 5.82 Å². The third-order valence-electron chi connectivity index (χ3n) is 3.22. The van der Waals surface area contributed by atoms with Crippen LogP contribution in [0.15, 0.2) is 60.4 Å². The van der Waals surface area contributed by atoms with Crippen LogP contribution in [0.5, 0.6) is 0 Å². The van der Waals surface area contributed by atoms with Crippen molar-refractivity contribution in [3.8, 4) is 0 Å². The number of imide groups is 1. The molecule has 0 saturated heterocycles. The van der Waals surface area contributed by atoms with E-state index in [2.05, 4.69) is 0 Å². The molecular formula is C16H10FNO3. The van der Waals surface area contributed by atoms with Crippen molar-refractivity contribution in [3.63, 3.8) is 0 Å². The number of rotatable bonds is 2. The number of anilines is 1. The number of benzene rings is 2. The standard InChI is InChI=1S/C16H10FNO3/c17-11-8-4-5-9-12(11)18-15(20)13(14(19)16(18)21)10-6-2-1-3-7-10/h1-9,19H. The Labute approximate surface area is 119 Å². The molecule has 0 saturated carbocycles. The summed E-state index contributed by atoms with van der Waals surface area (Å²) in [6.45, 7) is 0. The van der Waals surface area contributed by atoms with Gasteiger partial charge in [0.05, 0.1) is 11.3 Å². The van der Waals surface area contributed by atoms with Crippen LogP contribution in [0.2, 0.25) is 0 Å². The Morgan fingerprint density at radius 1 is 0.857 bits per heavy atom. The van der Waals surface area contributed by atoms with E-state index >= 15 is 0 Å². The van der Waals surface area contributed by atoms with Gasteiger partial charge in [0.15, 0.2) is 5.76 Å². The average molecular weight is 283 g/mol. The molecule has 0 spiro atoms. The van der Waals surface area contributed by atoms with E-state index in [9.17, 15) is 19.1 Å². The van der Waals surface area contributed by atoms with Crippen molar-refractivity contribution < 1.29 is 19.1 Å². The smallest absolute Gasteiger partial charge is 0.301 e. The number of nitrogens with zero attached hydrogens (tertiary/aromatic N) is 1. The zero-order valence-corrected chi connectivity index (χ0v) is 10.8. The van der Waals surface area contributed by atoms with Gasteiger partial charge in [-0.25, -0.2) is 9.29 Å². The van der Waals surface area contributed by atoms with E-state index in [0.717, 1.165) is 6.07 Å². The second-order valence-electron chi connectivity index (χ2n) is 4.49. The Kier molecular flexibility index (Phi) is 3.02. The zero-order valence-electron chi connectivity index (χ0n) is 10.8.